The number of rotatable bonds is 4. The molecule has 2 rings (SSSR count). The molecule has 2 N–H and O–H groups in total. The van der Waals surface area contributed by atoms with Gasteiger partial charge in [0.05, 0.1) is 5.92 Å². The molecule has 3 nitrogen and oxygen atoms in total. The molecule has 0 radical (unpaired) electrons. The number of phenolic OH excluding ortho intramolecular Hbond substituents is 1. The lowest BCUT2D eigenvalue weighted by atomic mass is 9.85. The first kappa shape index (κ1) is 16.1. The second kappa shape index (κ2) is 6.22. The van der Waals surface area contributed by atoms with Crippen LogP contribution in [0.2, 0.25) is 0 Å². The van der Waals surface area contributed by atoms with Crippen LogP contribution in [0.25, 0.3) is 0 Å². The molecule has 116 valence electrons. The van der Waals surface area contributed by atoms with E-state index in [0.717, 1.165) is 5.56 Å². The summed E-state index contributed by atoms with van der Waals surface area (Å²) in [5, 5.41) is 19.0. The Kier molecular flexibility index (Phi) is 4.55. The van der Waals surface area contributed by atoms with Gasteiger partial charge < -0.3 is 10.2 Å². The lowest BCUT2D eigenvalue weighted by Crippen LogP contribution is -2.15. The van der Waals surface area contributed by atoms with Gasteiger partial charge in [0.2, 0.25) is 0 Å². The van der Waals surface area contributed by atoms with Crippen molar-refractivity contribution in [2.45, 2.75) is 38.5 Å². The number of aliphatic carboxylic acids is 1. The lowest BCUT2D eigenvalue weighted by molar-refractivity contribution is -0.138. The maximum atomic E-state index is 11.6. The minimum Gasteiger partial charge on any atom is -0.508 e. The zero-order valence-corrected chi connectivity index (χ0v) is 13.2. The fraction of sp³-hybridized carbons (Fsp3) is 0.316. The quantitative estimate of drug-likeness (QED) is 0.893. The maximum absolute atomic E-state index is 11.6. The van der Waals surface area contributed by atoms with Crippen LogP contribution in [0, 0.1) is 0 Å². The van der Waals surface area contributed by atoms with Crippen molar-refractivity contribution < 1.29 is 15.0 Å². The topological polar surface area (TPSA) is 57.5 Å². The molecule has 0 aliphatic carbocycles. The molecular weight excluding hydrogens is 276 g/mol. The van der Waals surface area contributed by atoms with Gasteiger partial charge in [-0.05, 0) is 40.7 Å². The van der Waals surface area contributed by atoms with Gasteiger partial charge in [-0.25, -0.2) is 0 Å². The van der Waals surface area contributed by atoms with Crippen molar-refractivity contribution in [3.8, 4) is 5.75 Å². The summed E-state index contributed by atoms with van der Waals surface area (Å²) in [6, 6.07) is 14.5. The number of carboxylic acid groups (broad SMARTS) is 1. The second-order valence-corrected chi connectivity index (χ2v) is 6.64. The van der Waals surface area contributed by atoms with Crippen LogP contribution in [0.4, 0.5) is 0 Å². The number of hydrogen-bond donors (Lipinski definition) is 2. The van der Waals surface area contributed by atoms with Crippen molar-refractivity contribution in [1.82, 2.24) is 0 Å². The molecular formula is C19H22O3. The predicted octanol–water partition coefficient (Wildman–Crippen LogP) is 4.10. The Morgan fingerprint density at radius 2 is 1.73 bits per heavy atom. The first-order valence-electron chi connectivity index (χ1n) is 7.38. The highest BCUT2D eigenvalue weighted by Crippen LogP contribution is 2.26. The average molecular weight is 298 g/mol. The summed E-state index contributed by atoms with van der Waals surface area (Å²) < 4.78 is 0. The molecule has 3 heteroatoms. The van der Waals surface area contributed by atoms with Gasteiger partial charge in [-0.1, -0.05) is 57.2 Å². The number of hydrogen-bond acceptors (Lipinski definition) is 2. The number of carboxylic acids is 1. The third kappa shape index (κ3) is 3.88. The number of benzene rings is 2. The van der Waals surface area contributed by atoms with Crippen LogP contribution in [0.1, 0.15) is 43.4 Å². The van der Waals surface area contributed by atoms with Gasteiger partial charge in [0, 0.05) is 0 Å². The number of phenols is 1. The van der Waals surface area contributed by atoms with Gasteiger partial charge >= 0.3 is 5.97 Å². The van der Waals surface area contributed by atoms with E-state index in [0.29, 0.717) is 12.0 Å². The van der Waals surface area contributed by atoms with Gasteiger partial charge in [-0.2, -0.15) is 0 Å². The minimum absolute atomic E-state index is 0.0793. The third-order valence-electron chi connectivity index (χ3n) is 3.83. The normalized spacial score (nSPS) is 12.9. The summed E-state index contributed by atoms with van der Waals surface area (Å²) in [5.74, 6) is -1.45. The Hall–Kier alpha value is -2.29. The maximum Gasteiger partial charge on any atom is 0.311 e. The summed E-state index contributed by atoms with van der Waals surface area (Å²) in [4.78, 5) is 11.6. The summed E-state index contributed by atoms with van der Waals surface area (Å²) >= 11 is 0. The summed E-state index contributed by atoms with van der Waals surface area (Å²) in [6.07, 6.45) is 0.406. The predicted molar refractivity (Wildman–Crippen MR) is 87.3 cm³/mol. The van der Waals surface area contributed by atoms with Crippen LogP contribution in [-0.2, 0) is 16.6 Å². The van der Waals surface area contributed by atoms with E-state index in [4.69, 9.17) is 0 Å². The van der Waals surface area contributed by atoms with Crippen LogP contribution in [-0.4, -0.2) is 16.2 Å². The first-order valence-corrected chi connectivity index (χ1v) is 7.38. The Balaban J connectivity index is 2.24. The molecule has 0 aliphatic rings. The zero-order chi connectivity index (χ0) is 16.3. The van der Waals surface area contributed by atoms with Gasteiger partial charge in [0.1, 0.15) is 5.75 Å². The minimum atomic E-state index is -0.884. The lowest BCUT2D eigenvalue weighted by Gasteiger charge is -2.20. The molecule has 0 fully saturated rings. The van der Waals surface area contributed by atoms with E-state index >= 15 is 0 Å². The molecule has 2 aromatic rings. The molecule has 22 heavy (non-hydrogen) atoms. The van der Waals surface area contributed by atoms with Crippen molar-refractivity contribution in [2.75, 3.05) is 0 Å². The van der Waals surface area contributed by atoms with E-state index in [-0.39, 0.29) is 11.2 Å². The third-order valence-corrected chi connectivity index (χ3v) is 3.83. The van der Waals surface area contributed by atoms with Crippen LogP contribution in [0.5, 0.6) is 5.75 Å². The Bertz CT molecular complexity index is 651. The SMILES string of the molecule is CC(C)(C)c1ccc(CC(C(=O)O)c2cccc(O)c2)cc1. The first-order chi connectivity index (χ1) is 10.3. The Labute approximate surface area is 131 Å². The van der Waals surface area contributed by atoms with Crippen molar-refractivity contribution in [2.24, 2.45) is 0 Å². The largest absolute Gasteiger partial charge is 0.508 e. The van der Waals surface area contributed by atoms with Gasteiger partial charge in [-0.15, -0.1) is 0 Å². The molecule has 0 bridgehead atoms. The van der Waals surface area contributed by atoms with Crippen molar-refractivity contribution in [3.05, 3.63) is 65.2 Å². The van der Waals surface area contributed by atoms with E-state index in [9.17, 15) is 15.0 Å². The summed E-state index contributed by atoms with van der Waals surface area (Å²) in [7, 11) is 0. The van der Waals surface area contributed by atoms with Crippen molar-refractivity contribution in [1.29, 1.82) is 0 Å². The fourth-order valence-electron chi connectivity index (χ4n) is 2.47. The summed E-state index contributed by atoms with van der Waals surface area (Å²) in [5.41, 5.74) is 2.90. The molecule has 0 spiro atoms. The second-order valence-electron chi connectivity index (χ2n) is 6.64. The molecule has 1 atom stereocenters. The van der Waals surface area contributed by atoms with E-state index in [2.05, 4.69) is 32.9 Å². The monoisotopic (exact) mass is 298 g/mol. The molecule has 0 aromatic heterocycles. The van der Waals surface area contributed by atoms with Crippen LogP contribution < -0.4 is 0 Å². The van der Waals surface area contributed by atoms with E-state index in [1.807, 2.05) is 12.1 Å². The molecule has 0 amide bonds. The number of aromatic hydroxyl groups is 1. The highest BCUT2D eigenvalue weighted by Gasteiger charge is 2.21. The Morgan fingerprint density at radius 1 is 1.09 bits per heavy atom. The molecule has 0 saturated carbocycles. The average Bonchev–Trinajstić information content (AvgIpc) is 2.44. The standard InChI is InChI=1S/C19H22O3/c1-19(2,3)15-9-7-13(8-10-15)11-17(18(21)22)14-5-4-6-16(20)12-14/h4-10,12,17,20H,11H2,1-3H3,(H,21,22). The highest BCUT2D eigenvalue weighted by molar-refractivity contribution is 5.76. The van der Waals surface area contributed by atoms with E-state index in [1.165, 1.54) is 11.6 Å². The van der Waals surface area contributed by atoms with Gasteiger partial charge in [0.15, 0.2) is 0 Å². The van der Waals surface area contributed by atoms with Crippen molar-refractivity contribution in [3.63, 3.8) is 0 Å². The van der Waals surface area contributed by atoms with Gasteiger partial charge in [-0.3, -0.25) is 4.79 Å². The zero-order valence-electron chi connectivity index (χ0n) is 13.2. The summed E-state index contributed by atoms with van der Waals surface area (Å²) in [6.45, 7) is 6.44. The van der Waals surface area contributed by atoms with Crippen LogP contribution in [0.3, 0.4) is 0 Å². The van der Waals surface area contributed by atoms with Crippen LogP contribution in [0.15, 0.2) is 48.5 Å². The van der Waals surface area contributed by atoms with Crippen LogP contribution >= 0.6 is 0 Å². The van der Waals surface area contributed by atoms with Crippen molar-refractivity contribution >= 4 is 5.97 Å². The van der Waals surface area contributed by atoms with E-state index in [1.54, 1.807) is 18.2 Å². The molecule has 1 unspecified atom stereocenters. The molecule has 0 heterocycles. The number of carbonyl (C=O) groups is 1. The smallest absolute Gasteiger partial charge is 0.311 e. The Morgan fingerprint density at radius 3 is 2.23 bits per heavy atom. The van der Waals surface area contributed by atoms with Gasteiger partial charge in [0.25, 0.3) is 0 Å². The molecule has 0 aliphatic heterocycles. The highest BCUT2D eigenvalue weighted by atomic mass is 16.4. The fourth-order valence-corrected chi connectivity index (χ4v) is 2.47. The molecule has 2 aromatic carbocycles. The molecule has 0 saturated heterocycles. The van der Waals surface area contributed by atoms with E-state index < -0.39 is 11.9 Å².